The van der Waals surface area contributed by atoms with Crippen molar-refractivity contribution in [2.75, 3.05) is 0 Å². The number of para-hydroxylation sites is 1. The SMILES string of the molecule is CCC(CC)n1c(C(C)C)nc2c(C(=O)O)cccc21. The fourth-order valence-electron chi connectivity index (χ4n) is 2.75. The average molecular weight is 274 g/mol. The van der Waals surface area contributed by atoms with E-state index >= 15 is 0 Å². The van der Waals surface area contributed by atoms with Crippen LogP contribution in [0.5, 0.6) is 0 Å². The highest BCUT2D eigenvalue weighted by atomic mass is 16.4. The van der Waals surface area contributed by atoms with Crippen molar-refractivity contribution in [3.8, 4) is 0 Å². The highest BCUT2D eigenvalue weighted by molar-refractivity contribution is 6.01. The Balaban J connectivity index is 2.79. The summed E-state index contributed by atoms with van der Waals surface area (Å²) < 4.78 is 2.23. The normalized spacial score (nSPS) is 11.7. The molecule has 0 spiro atoms. The van der Waals surface area contributed by atoms with Crippen LogP contribution in [0.1, 0.15) is 68.7 Å². The Morgan fingerprint density at radius 2 is 1.95 bits per heavy atom. The van der Waals surface area contributed by atoms with Gasteiger partial charge in [0, 0.05) is 12.0 Å². The average Bonchev–Trinajstić information content (AvgIpc) is 2.80. The Bertz CT molecular complexity index is 625. The molecule has 0 amide bonds. The molecule has 1 aromatic carbocycles. The van der Waals surface area contributed by atoms with Crippen LogP contribution in [0, 0.1) is 0 Å². The first-order valence-corrected chi connectivity index (χ1v) is 7.25. The maximum atomic E-state index is 11.4. The molecule has 1 heterocycles. The zero-order valence-corrected chi connectivity index (χ0v) is 12.6. The number of rotatable bonds is 5. The van der Waals surface area contributed by atoms with E-state index < -0.39 is 5.97 Å². The number of hydrogen-bond donors (Lipinski definition) is 1. The molecule has 0 saturated heterocycles. The van der Waals surface area contributed by atoms with E-state index in [1.165, 1.54) is 0 Å². The molecule has 20 heavy (non-hydrogen) atoms. The summed E-state index contributed by atoms with van der Waals surface area (Å²) in [5, 5.41) is 9.33. The molecule has 0 aliphatic carbocycles. The van der Waals surface area contributed by atoms with Crippen LogP contribution in [-0.2, 0) is 0 Å². The number of benzene rings is 1. The van der Waals surface area contributed by atoms with E-state index in [1.807, 2.05) is 6.07 Å². The van der Waals surface area contributed by atoms with Gasteiger partial charge in [-0.15, -0.1) is 0 Å². The number of carbonyl (C=O) groups is 1. The molecule has 1 N–H and O–H groups in total. The number of nitrogens with zero attached hydrogens (tertiary/aromatic N) is 2. The Kier molecular flexibility index (Phi) is 4.12. The van der Waals surface area contributed by atoms with Gasteiger partial charge in [0.1, 0.15) is 11.3 Å². The summed E-state index contributed by atoms with van der Waals surface area (Å²) in [5.41, 5.74) is 1.83. The first-order chi connectivity index (χ1) is 9.51. The van der Waals surface area contributed by atoms with Crippen molar-refractivity contribution in [3.05, 3.63) is 29.6 Å². The Morgan fingerprint density at radius 3 is 2.45 bits per heavy atom. The van der Waals surface area contributed by atoms with Crippen molar-refractivity contribution in [1.29, 1.82) is 0 Å². The standard InChI is InChI=1S/C16H22N2O2/c1-5-11(6-2)18-13-9-7-8-12(16(19)20)14(13)17-15(18)10(3)4/h7-11H,5-6H2,1-4H3,(H,19,20). The highest BCUT2D eigenvalue weighted by Gasteiger charge is 2.21. The van der Waals surface area contributed by atoms with Crippen LogP contribution in [0.25, 0.3) is 11.0 Å². The molecule has 108 valence electrons. The largest absolute Gasteiger partial charge is 0.478 e. The molecule has 0 aliphatic rings. The van der Waals surface area contributed by atoms with Crippen molar-refractivity contribution >= 4 is 17.0 Å². The fraction of sp³-hybridized carbons (Fsp3) is 0.500. The van der Waals surface area contributed by atoms with Gasteiger partial charge in [0.15, 0.2) is 0 Å². The Hall–Kier alpha value is -1.84. The Labute approximate surface area is 119 Å². The lowest BCUT2D eigenvalue weighted by Gasteiger charge is -2.20. The van der Waals surface area contributed by atoms with Gasteiger partial charge in [-0.05, 0) is 25.0 Å². The predicted octanol–water partition coefficient (Wildman–Crippen LogP) is 4.22. The van der Waals surface area contributed by atoms with Crippen molar-refractivity contribution in [2.24, 2.45) is 0 Å². The molecular weight excluding hydrogens is 252 g/mol. The Morgan fingerprint density at radius 1 is 1.30 bits per heavy atom. The van der Waals surface area contributed by atoms with E-state index in [9.17, 15) is 9.90 Å². The van der Waals surface area contributed by atoms with Gasteiger partial charge in [0.05, 0.1) is 11.1 Å². The number of aromatic carboxylic acids is 1. The van der Waals surface area contributed by atoms with Crippen LogP contribution < -0.4 is 0 Å². The molecule has 0 aliphatic heterocycles. The first kappa shape index (κ1) is 14.6. The van der Waals surface area contributed by atoms with Crippen LogP contribution in [-0.4, -0.2) is 20.6 Å². The van der Waals surface area contributed by atoms with Gasteiger partial charge in [-0.2, -0.15) is 0 Å². The molecule has 4 nitrogen and oxygen atoms in total. The molecule has 0 saturated carbocycles. The number of carboxylic acid groups (broad SMARTS) is 1. The zero-order chi connectivity index (χ0) is 14.9. The van der Waals surface area contributed by atoms with Crippen LogP contribution >= 0.6 is 0 Å². The van der Waals surface area contributed by atoms with Crippen molar-refractivity contribution < 1.29 is 9.90 Å². The van der Waals surface area contributed by atoms with E-state index in [2.05, 4.69) is 37.2 Å². The summed E-state index contributed by atoms with van der Waals surface area (Å²) in [7, 11) is 0. The monoisotopic (exact) mass is 274 g/mol. The van der Waals surface area contributed by atoms with E-state index in [1.54, 1.807) is 12.1 Å². The van der Waals surface area contributed by atoms with Gasteiger partial charge in [-0.3, -0.25) is 0 Å². The summed E-state index contributed by atoms with van der Waals surface area (Å²) in [6.07, 6.45) is 2.03. The third-order valence-corrected chi connectivity index (χ3v) is 3.80. The van der Waals surface area contributed by atoms with Crippen molar-refractivity contribution in [1.82, 2.24) is 9.55 Å². The van der Waals surface area contributed by atoms with Gasteiger partial charge in [-0.25, -0.2) is 9.78 Å². The molecule has 0 atom stereocenters. The number of hydrogen-bond acceptors (Lipinski definition) is 2. The van der Waals surface area contributed by atoms with Crippen LogP contribution in [0.3, 0.4) is 0 Å². The number of imidazole rings is 1. The van der Waals surface area contributed by atoms with Gasteiger partial charge >= 0.3 is 5.97 Å². The van der Waals surface area contributed by atoms with Crippen LogP contribution in [0.15, 0.2) is 18.2 Å². The summed E-state index contributed by atoms with van der Waals surface area (Å²) in [6.45, 7) is 8.51. The third-order valence-electron chi connectivity index (χ3n) is 3.80. The molecule has 0 radical (unpaired) electrons. The van der Waals surface area contributed by atoms with Crippen molar-refractivity contribution in [2.45, 2.75) is 52.5 Å². The maximum absolute atomic E-state index is 11.4. The van der Waals surface area contributed by atoms with Crippen LogP contribution in [0.2, 0.25) is 0 Å². The predicted molar refractivity (Wildman–Crippen MR) is 80.4 cm³/mol. The van der Waals surface area contributed by atoms with E-state index in [0.717, 1.165) is 24.2 Å². The topological polar surface area (TPSA) is 55.1 Å². The fourth-order valence-corrected chi connectivity index (χ4v) is 2.75. The van der Waals surface area contributed by atoms with E-state index in [-0.39, 0.29) is 11.5 Å². The van der Waals surface area contributed by atoms with E-state index in [0.29, 0.717) is 11.6 Å². The summed E-state index contributed by atoms with van der Waals surface area (Å²) >= 11 is 0. The van der Waals surface area contributed by atoms with Gasteiger partial charge in [0.2, 0.25) is 0 Å². The zero-order valence-electron chi connectivity index (χ0n) is 12.6. The second kappa shape index (κ2) is 5.65. The minimum atomic E-state index is -0.917. The van der Waals surface area contributed by atoms with Gasteiger partial charge in [0.25, 0.3) is 0 Å². The lowest BCUT2D eigenvalue weighted by atomic mass is 10.1. The second-order valence-electron chi connectivity index (χ2n) is 5.44. The van der Waals surface area contributed by atoms with Crippen LogP contribution in [0.4, 0.5) is 0 Å². The first-order valence-electron chi connectivity index (χ1n) is 7.25. The minimum Gasteiger partial charge on any atom is -0.478 e. The second-order valence-corrected chi connectivity index (χ2v) is 5.44. The number of carboxylic acids is 1. The lowest BCUT2D eigenvalue weighted by molar-refractivity contribution is 0.0699. The minimum absolute atomic E-state index is 0.268. The summed E-state index contributed by atoms with van der Waals surface area (Å²) in [6, 6.07) is 5.76. The molecule has 2 aromatic rings. The third kappa shape index (κ3) is 2.30. The molecule has 0 unspecified atom stereocenters. The molecule has 2 rings (SSSR count). The molecule has 0 bridgehead atoms. The van der Waals surface area contributed by atoms with Crippen molar-refractivity contribution in [3.63, 3.8) is 0 Å². The molecule has 4 heteroatoms. The summed E-state index contributed by atoms with van der Waals surface area (Å²) in [4.78, 5) is 16.0. The molecule has 1 aromatic heterocycles. The van der Waals surface area contributed by atoms with Gasteiger partial charge in [-0.1, -0.05) is 33.8 Å². The highest BCUT2D eigenvalue weighted by Crippen LogP contribution is 2.30. The van der Waals surface area contributed by atoms with E-state index in [4.69, 9.17) is 0 Å². The molecular formula is C16H22N2O2. The molecule has 0 fully saturated rings. The smallest absolute Gasteiger partial charge is 0.337 e. The lowest BCUT2D eigenvalue weighted by Crippen LogP contribution is -2.12. The maximum Gasteiger partial charge on any atom is 0.337 e. The van der Waals surface area contributed by atoms with Gasteiger partial charge < -0.3 is 9.67 Å². The number of fused-ring (bicyclic) bond motifs is 1. The quantitative estimate of drug-likeness (QED) is 0.888. The number of aromatic nitrogens is 2. The summed E-state index contributed by atoms with van der Waals surface area (Å²) in [5.74, 6) is 0.326.